The van der Waals surface area contributed by atoms with Crippen molar-refractivity contribution in [2.75, 3.05) is 0 Å². The van der Waals surface area contributed by atoms with Crippen LogP contribution in [0.4, 0.5) is 0 Å². The van der Waals surface area contributed by atoms with Crippen molar-refractivity contribution < 1.29 is 19.2 Å². The van der Waals surface area contributed by atoms with Crippen LogP contribution >= 0.6 is 0 Å². The molecule has 0 spiro atoms. The van der Waals surface area contributed by atoms with E-state index < -0.39 is 5.97 Å². The number of carboxylic acids is 1. The van der Waals surface area contributed by atoms with E-state index in [-0.39, 0.29) is 13.0 Å². The summed E-state index contributed by atoms with van der Waals surface area (Å²) in [5.74, 6) is 0.252. The molecule has 2 rings (SSSR count). The van der Waals surface area contributed by atoms with Gasteiger partial charge in [-0.3, -0.25) is 4.79 Å². The Bertz CT molecular complexity index is 493. The Morgan fingerprint density at radius 2 is 2.18 bits per heavy atom. The van der Waals surface area contributed by atoms with Crippen LogP contribution in [-0.4, -0.2) is 16.2 Å². The lowest BCUT2D eigenvalue weighted by molar-refractivity contribution is -0.136. The normalized spacial score (nSPS) is 10.1. The highest BCUT2D eigenvalue weighted by molar-refractivity contribution is 5.71. The fourth-order valence-corrected chi connectivity index (χ4v) is 1.42. The second kappa shape index (κ2) is 5.16. The van der Waals surface area contributed by atoms with Gasteiger partial charge in [-0.2, -0.15) is 0 Å². The van der Waals surface area contributed by atoms with Crippen molar-refractivity contribution in [1.82, 2.24) is 5.16 Å². The topological polar surface area (TPSA) is 72.6 Å². The van der Waals surface area contributed by atoms with Gasteiger partial charge in [-0.05, 0) is 6.07 Å². The maximum Gasteiger partial charge on any atom is 0.307 e. The van der Waals surface area contributed by atoms with Gasteiger partial charge in [-0.15, -0.1) is 0 Å². The molecule has 0 bridgehead atoms. The lowest BCUT2D eigenvalue weighted by Crippen LogP contribution is -2.03. The molecule has 5 heteroatoms. The predicted octanol–water partition coefficient (Wildman–Crippen LogP) is 1.88. The molecule has 0 saturated carbocycles. The number of aromatic nitrogens is 1. The zero-order valence-corrected chi connectivity index (χ0v) is 9.00. The van der Waals surface area contributed by atoms with Crippen LogP contribution in [0.25, 0.3) is 0 Å². The number of rotatable bonds is 5. The first kappa shape index (κ1) is 11.2. The number of benzene rings is 1. The Kier molecular flexibility index (Phi) is 3.40. The summed E-state index contributed by atoms with van der Waals surface area (Å²) in [4.78, 5) is 10.7. The first-order valence-electron chi connectivity index (χ1n) is 5.08. The smallest absolute Gasteiger partial charge is 0.307 e. The molecule has 5 nitrogen and oxygen atoms in total. The number of aliphatic carboxylic acids is 1. The number of carboxylic acid groups (broad SMARTS) is 1. The second-order valence-corrected chi connectivity index (χ2v) is 3.45. The average molecular weight is 233 g/mol. The molecule has 0 aliphatic rings. The molecular weight excluding hydrogens is 222 g/mol. The Hall–Kier alpha value is -2.30. The Balaban J connectivity index is 2.06. The van der Waals surface area contributed by atoms with E-state index in [4.69, 9.17) is 14.4 Å². The van der Waals surface area contributed by atoms with Crippen molar-refractivity contribution in [3.63, 3.8) is 0 Å². The second-order valence-electron chi connectivity index (χ2n) is 3.45. The third-order valence-corrected chi connectivity index (χ3v) is 2.18. The molecule has 88 valence electrons. The van der Waals surface area contributed by atoms with Crippen molar-refractivity contribution in [3.05, 3.63) is 47.9 Å². The SMILES string of the molecule is O=C(O)Cc1ccccc1OCc1ccno1. The van der Waals surface area contributed by atoms with Crippen molar-refractivity contribution >= 4 is 5.97 Å². The van der Waals surface area contributed by atoms with Crippen LogP contribution in [-0.2, 0) is 17.8 Å². The number of para-hydroxylation sites is 1. The van der Waals surface area contributed by atoms with Gasteiger partial charge in [-0.1, -0.05) is 23.4 Å². The fraction of sp³-hybridized carbons (Fsp3) is 0.167. The maximum atomic E-state index is 10.7. The maximum absolute atomic E-state index is 10.7. The average Bonchev–Trinajstić information content (AvgIpc) is 2.80. The highest BCUT2D eigenvalue weighted by atomic mass is 16.5. The minimum Gasteiger partial charge on any atom is -0.485 e. The zero-order valence-electron chi connectivity index (χ0n) is 9.00. The third-order valence-electron chi connectivity index (χ3n) is 2.18. The summed E-state index contributed by atoms with van der Waals surface area (Å²) < 4.78 is 10.4. The molecule has 1 heterocycles. The molecule has 0 radical (unpaired) electrons. The molecule has 0 saturated heterocycles. The van der Waals surface area contributed by atoms with Crippen LogP contribution in [0, 0.1) is 0 Å². The first-order chi connectivity index (χ1) is 8.25. The van der Waals surface area contributed by atoms with Crippen LogP contribution in [0.2, 0.25) is 0 Å². The molecule has 0 atom stereocenters. The molecule has 0 fully saturated rings. The van der Waals surface area contributed by atoms with E-state index >= 15 is 0 Å². The summed E-state index contributed by atoms with van der Waals surface area (Å²) in [5.41, 5.74) is 0.638. The molecule has 1 aromatic carbocycles. The Labute approximate surface area is 97.6 Å². The molecule has 0 aliphatic carbocycles. The summed E-state index contributed by atoms with van der Waals surface area (Å²) in [5, 5.41) is 12.3. The van der Waals surface area contributed by atoms with Gasteiger partial charge in [0.1, 0.15) is 12.4 Å². The van der Waals surface area contributed by atoms with E-state index in [0.29, 0.717) is 17.1 Å². The Morgan fingerprint density at radius 3 is 2.88 bits per heavy atom. The van der Waals surface area contributed by atoms with E-state index in [0.717, 1.165) is 0 Å². The monoisotopic (exact) mass is 233 g/mol. The molecule has 1 aromatic heterocycles. The molecule has 0 amide bonds. The lowest BCUT2D eigenvalue weighted by Gasteiger charge is -2.08. The quantitative estimate of drug-likeness (QED) is 0.853. The molecule has 0 unspecified atom stereocenters. The third kappa shape index (κ3) is 3.07. The van der Waals surface area contributed by atoms with Gasteiger partial charge in [0.15, 0.2) is 5.76 Å². The van der Waals surface area contributed by atoms with Crippen LogP contribution in [0.15, 0.2) is 41.1 Å². The number of carbonyl (C=O) groups is 1. The van der Waals surface area contributed by atoms with Crippen LogP contribution in [0.5, 0.6) is 5.75 Å². The van der Waals surface area contributed by atoms with Gasteiger partial charge in [0.25, 0.3) is 0 Å². The van der Waals surface area contributed by atoms with E-state index in [1.54, 1.807) is 30.3 Å². The van der Waals surface area contributed by atoms with Gasteiger partial charge < -0.3 is 14.4 Å². The van der Waals surface area contributed by atoms with Crippen molar-refractivity contribution in [1.29, 1.82) is 0 Å². The minimum atomic E-state index is -0.888. The number of nitrogens with zero attached hydrogens (tertiary/aromatic N) is 1. The van der Waals surface area contributed by atoms with E-state index in [1.807, 2.05) is 0 Å². The zero-order chi connectivity index (χ0) is 12.1. The highest BCUT2D eigenvalue weighted by Gasteiger charge is 2.08. The molecule has 2 aromatic rings. The van der Waals surface area contributed by atoms with Gasteiger partial charge in [0.05, 0.1) is 12.6 Å². The standard InChI is InChI=1S/C12H11NO4/c14-12(15)7-9-3-1-2-4-11(9)16-8-10-5-6-13-17-10/h1-6H,7-8H2,(H,14,15). The number of ether oxygens (including phenoxy) is 1. The van der Waals surface area contributed by atoms with Gasteiger partial charge >= 0.3 is 5.97 Å². The minimum absolute atomic E-state index is 0.0629. The number of hydrogen-bond acceptors (Lipinski definition) is 4. The van der Waals surface area contributed by atoms with Crippen LogP contribution < -0.4 is 4.74 Å². The van der Waals surface area contributed by atoms with Crippen molar-refractivity contribution in [3.8, 4) is 5.75 Å². The lowest BCUT2D eigenvalue weighted by atomic mass is 10.1. The van der Waals surface area contributed by atoms with Crippen LogP contribution in [0.1, 0.15) is 11.3 Å². The van der Waals surface area contributed by atoms with E-state index in [1.165, 1.54) is 6.20 Å². The first-order valence-corrected chi connectivity index (χ1v) is 5.08. The number of hydrogen-bond donors (Lipinski definition) is 1. The van der Waals surface area contributed by atoms with E-state index in [2.05, 4.69) is 5.16 Å². The summed E-state index contributed by atoms with van der Waals surface area (Å²) in [6, 6.07) is 8.72. The molecular formula is C12H11NO4. The van der Waals surface area contributed by atoms with Gasteiger partial charge in [-0.25, -0.2) is 0 Å². The van der Waals surface area contributed by atoms with Gasteiger partial charge in [0.2, 0.25) is 0 Å². The largest absolute Gasteiger partial charge is 0.485 e. The molecule has 0 aliphatic heterocycles. The predicted molar refractivity (Wildman–Crippen MR) is 58.6 cm³/mol. The Morgan fingerprint density at radius 1 is 1.35 bits per heavy atom. The summed E-state index contributed by atoms with van der Waals surface area (Å²) >= 11 is 0. The van der Waals surface area contributed by atoms with Crippen molar-refractivity contribution in [2.24, 2.45) is 0 Å². The highest BCUT2D eigenvalue weighted by Crippen LogP contribution is 2.19. The summed E-state index contributed by atoms with van der Waals surface area (Å²) in [7, 11) is 0. The summed E-state index contributed by atoms with van der Waals surface area (Å²) in [6.07, 6.45) is 1.47. The molecule has 17 heavy (non-hydrogen) atoms. The molecule has 1 N–H and O–H groups in total. The summed E-state index contributed by atoms with van der Waals surface area (Å²) in [6.45, 7) is 0.233. The van der Waals surface area contributed by atoms with E-state index in [9.17, 15) is 4.79 Å². The van der Waals surface area contributed by atoms with Crippen molar-refractivity contribution in [2.45, 2.75) is 13.0 Å². The fourth-order valence-electron chi connectivity index (χ4n) is 1.42. The van der Waals surface area contributed by atoms with Crippen LogP contribution in [0.3, 0.4) is 0 Å². The van der Waals surface area contributed by atoms with Gasteiger partial charge in [0, 0.05) is 11.6 Å².